The first-order valence-corrected chi connectivity index (χ1v) is 4.43. The van der Waals surface area contributed by atoms with E-state index in [1.54, 1.807) is 0 Å². The van der Waals surface area contributed by atoms with Crippen molar-refractivity contribution in [3.63, 3.8) is 0 Å². The number of hydrazine groups is 1. The van der Waals surface area contributed by atoms with Crippen molar-refractivity contribution < 1.29 is 18.7 Å². The lowest BCUT2D eigenvalue weighted by Gasteiger charge is -2.38. The SMILES string of the molecule is N/C=C(/C(=O)O)N(N)CC1CCC1(F)F. The van der Waals surface area contributed by atoms with Crippen LogP contribution in [0.2, 0.25) is 0 Å². The van der Waals surface area contributed by atoms with Crippen LogP contribution in [0.3, 0.4) is 0 Å². The Balaban J connectivity index is 2.56. The molecule has 86 valence electrons. The van der Waals surface area contributed by atoms with Crippen LogP contribution in [-0.2, 0) is 4.79 Å². The molecule has 1 rings (SSSR count). The quantitative estimate of drug-likeness (QED) is 0.355. The fourth-order valence-electron chi connectivity index (χ4n) is 1.42. The summed E-state index contributed by atoms with van der Waals surface area (Å²) in [6.07, 6.45) is 0.970. The van der Waals surface area contributed by atoms with Crippen LogP contribution in [0, 0.1) is 5.92 Å². The summed E-state index contributed by atoms with van der Waals surface area (Å²) in [5, 5.41) is 9.37. The number of nitrogens with zero attached hydrogens (tertiary/aromatic N) is 1. The molecule has 1 aliphatic carbocycles. The summed E-state index contributed by atoms with van der Waals surface area (Å²) in [6, 6.07) is 0. The molecule has 0 heterocycles. The van der Waals surface area contributed by atoms with Gasteiger partial charge in [-0.3, -0.25) is 0 Å². The average Bonchev–Trinajstić information content (AvgIpc) is 2.13. The second-order valence-corrected chi connectivity index (χ2v) is 3.51. The number of carboxylic acid groups (broad SMARTS) is 1. The zero-order valence-corrected chi connectivity index (χ0v) is 7.99. The zero-order valence-electron chi connectivity index (χ0n) is 7.99. The van der Waals surface area contributed by atoms with Gasteiger partial charge in [-0.05, 0) is 6.42 Å². The van der Waals surface area contributed by atoms with Crippen molar-refractivity contribution in [3.05, 3.63) is 11.9 Å². The highest BCUT2D eigenvalue weighted by Gasteiger charge is 2.48. The maximum Gasteiger partial charge on any atom is 0.355 e. The Labute approximate surface area is 85.3 Å². The summed E-state index contributed by atoms with van der Waals surface area (Å²) in [5.41, 5.74) is 4.65. The lowest BCUT2D eigenvalue weighted by atomic mass is 9.80. The standard InChI is InChI=1S/C8H13F2N3O2/c9-8(10)2-1-5(8)4-13(12)6(3-11)7(14)15/h3,5H,1-2,4,11-12H2,(H,14,15)/b6-3-. The number of halogens is 2. The number of rotatable bonds is 4. The molecule has 5 nitrogen and oxygen atoms in total. The molecular weight excluding hydrogens is 208 g/mol. The van der Waals surface area contributed by atoms with Crippen LogP contribution < -0.4 is 11.6 Å². The lowest BCUT2D eigenvalue weighted by Crippen LogP contribution is -2.48. The van der Waals surface area contributed by atoms with Gasteiger partial charge in [-0.2, -0.15) is 0 Å². The van der Waals surface area contributed by atoms with Gasteiger partial charge in [0.2, 0.25) is 0 Å². The van der Waals surface area contributed by atoms with Crippen molar-refractivity contribution in [1.29, 1.82) is 0 Å². The molecular formula is C8H13F2N3O2. The second kappa shape index (κ2) is 4.01. The molecule has 0 amide bonds. The van der Waals surface area contributed by atoms with E-state index < -0.39 is 17.8 Å². The van der Waals surface area contributed by atoms with Gasteiger partial charge >= 0.3 is 5.97 Å². The molecule has 5 N–H and O–H groups in total. The van der Waals surface area contributed by atoms with Crippen LogP contribution in [0.25, 0.3) is 0 Å². The second-order valence-electron chi connectivity index (χ2n) is 3.51. The molecule has 0 aromatic heterocycles. The van der Waals surface area contributed by atoms with E-state index in [4.69, 9.17) is 16.7 Å². The molecule has 0 aromatic rings. The smallest absolute Gasteiger partial charge is 0.355 e. The molecule has 7 heteroatoms. The number of hydrogen-bond acceptors (Lipinski definition) is 4. The van der Waals surface area contributed by atoms with Gasteiger partial charge in [0.1, 0.15) is 0 Å². The summed E-state index contributed by atoms with van der Waals surface area (Å²) >= 11 is 0. The molecule has 1 saturated carbocycles. The van der Waals surface area contributed by atoms with Gasteiger partial charge in [0.25, 0.3) is 5.92 Å². The van der Waals surface area contributed by atoms with E-state index in [1.807, 2.05) is 0 Å². The third-order valence-electron chi connectivity index (χ3n) is 2.53. The topological polar surface area (TPSA) is 92.6 Å². The highest BCUT2D eigenvalue weighted by atomic mass is 19.3. The average molecular weight is 221 g/mol. The molecule has 0 aliphatic heterocycles. The minimum Gasteiger partial charge on any atom is -0.476 e. The molecule has 1 unspecified atom stereocenters. The minimum atomic E-state index is -2.74. The van der Waals surface area contributed by atoms with Crippen LogP contribution >= 0.6 is 0 Å². The van der Waals surface area contributed by atoms with Gasteiger partial charge in [0.15, 0.2) is 5.70 Å². The molecule has 15 heavy (non-hydrogen) atoms. The Kier molecular flexibility index (Phi) is 3.13. The van der Waals surface area contributed by atoms with E-state index in [0.717, 1.165) is 11.2 Å². The van der Waals surface area contributed by atoms with Crippen molar-refractivity contribution in [2.75, 3.05) is 6.54 Å². The van der Waals surface area contributed by atoms with Crippen LogP contribution in [-0.4, -0.2) is 28.6 Å². The molecule has 0 saturated heterocycles. The summed E-state index contributed by atoms with van der Waals surface area (Å²) in [4.78, 5) is 10.6. The monoisotopic (exact) mass is 221 g/mol. The van der Waals surface area contributed by atoms with E-state index >= 15 is 0 Å². The third-order valence-corrected chi connectivity index (χ3v) is 2.53. The third kappa shape index (κ3) is 2.35. The van der Waals surface area contributed by atoms with Gasteiger partial charge in [-0.15, -0.1) is 0 Å². The summed E-state index contributed by atoms with van der Waals surface area (Å²) in [5.74, 6) is 0.369. The van der Waals surface area contributed by atoms with Crippen LogP contribution in [0.5, 0.6) is 0 Å². The van der Waals surface area contributed by atoms with Gasteiger partial charge in [0.05, 0.1) is 0 Å². The Bertz CT molecular complexity index is 294. The maximum absolute atomic E-state index is 12.9. The van der Waals surface area contributed by atoms with Gasteiger partial charge in [-0.25, -0.2) is 19.4 Å². The number of alkyl halides is 2. The molecule has 0 aromatic carbocycles. The highest BCUT2D eigenvalue weighted by molar-refractivity contribution is 5.85. The van der Waals surface area contributed by atoms with Crippen LogP contribution in [0.15, 0.2) is 11.9 Å². The Hall–Kier alpha value is -1.37. The Morgan fingerprint density at radius 2 is 2.27 bits per heavy atom. The first-order valence-electron chi connectivity index (χ1n) is 4.43. The van der Waals surface area contributed by atoms with E-state index in [1.165, 1.54) is 0 Å². The van der Waals surface area contributed by atoms with Crippen LogP contribution in [0.1, 0.15) is 12.8 Å². The van der Waals surface area contributed by atoms with Gasteiger partial charge in [-0.1, -0.05) is 0 Å². The number of hydrogen-bond donors (Lipinski definition) is 3. The molecule has 0 spiro atoms. The zero-order chi connectivity index (χ0) is 11.6. The van der Waals surface area contributed by atoms with Gasteiger partial charge < -0.3 is 15.8 Å². The predicted molar refractivity (Wildman–Crippen MR) is 48.5 cm³/mol. The number of nitrogens with two attached hydrogens (primary N) is 2. The fraction of sp³-hybridized carbons (Fsp3) is 0.625. The molecule has 1 atom stereocenters. The van der Waals surface area contributed by atoms with E-state index in [0.29, 0.717) is 6.42 Å². The van der Waals surface area contributed by atoms with Crippen molar-refractivity contribution >= 4 is 5.97 Å². The van der Waals surface area contributed by atoms with Crippen molar-refractivity contribution in [3.8, 4) is 0 Å². The maximum atomic E-state index is 12.9. The Morgan fingerprint density at radius 3 is 2.53 bits per heavy atom. The predicted octanol–water partition coefficient (Wildman–Crippen LogP) is 0.0921. The number of carbonyl (C=O) groups is 1. The number of aliphatic carboxylic acids is 1. The normalized spacial score (nSPS) is 24.5. The number of carboxylic acids is 1. The first-order chi connectivity index (χ1) is 6.88. The van der Waals surface area contributed by atoms with E-state index in [2.05, 4.69) is 0 Å². The van der Waals surface area contributed by atoms with E-state index in [-0.39, 0.29) is 18.7 Å². The van der Waals surface area contributed by atoms with E-state index in [9.17, 15) is 13.6 Å². The minimum absolute atomic E-state index is 0.166. The molecule has 0 bridgehead atoms. The van der Waals surface area contributed by atoms with Crippen molar-refractivity contribution in [2.24, 2.45) is 17.5 Å². The fourth-order valence-corrected chi connectivity index (χ4v) is 1.42. The summed E-state index contributed by atoms with van der Waals surface area (Å²) < 4.78 is 25.7. The van der Waals surface area contributed by atoms with Crippen LogP contribution in [0.4, 0.5) is 8.78 Å². The lowest BCUT2D eigenvalue weighted by molar-refractivity contribution is -0.144. The first kappa shape index (κ1) is 11.7. The molecule has 1 fully saturated rings. The van der Waals surface area contributed by atoms with Crippen molar-refractivity contribution in [2.45, 2.75) is 18.8 Å². The largest absolute Gasteiger partial charge is 0.476 e. The Morgan fingerprint density at radius 1 is 1.67 bits per heavy atom. The summed E-state index contributed by atoms with van der Waals surface area (Å²) in [6.45, 7) is -0.206. The molecule has 0 radical (unpaired) electrons. The van der Waals surface area contributed by atoms with Crippen molar-refractivity contribution in [1.82, 2.24) is 5.01 Å². The summed E-state index contributed by atoms with van der Waals surface area (Å²) in [7, 11) is 0. The van der Waals surface area contributed by atoms with Gasteiger partial charge in [0, 0.05) is 25.1 Å². The molecule has 1 aliphatic rings. The highest BCUT2D eigenvalue weighted by Crippen LogP contribution is 2.43.